The molecule has 1 N–H and O–H groups in total. The Kier molecular flexibility index (Phi) is 3.88. The summed E-state index contributed by atoms with van der Waals surface area (Å²) >= 11 is 0. The van der Waals surface area contributed by atoms with Crippen LogP contribution in [-0.4, -0.2) is 47.7 Å². The van der Waals surface area contributed by atoms with Crippen LogP contribution in [0.3, 0.4) is 0 Å². The third kappa shape index (κ3) is 2.99. The van der Waals surface area contributed by atoms with Crippen LogP contribution in [0.5, 0.6) is 0 Å². The van der Waals surface area contributed by atoms with E-state index in [2.05, 4.69) is 0 Å². The van der Waals surface area contributed by atoms with Gasteiger partial charge in [0.25, 0.3) is 0 Å². The van der Waals surface area contributed by atoms with E-state index in [-0.39, 0.29) is 24.9 Å². The van der Waals surface area contributed by atoms with Gasteiger partial charge in [-0.2, -0.15) is 0 Å². The first kappa shape index (κ1) is 11.0. The Labute approximate surface area is 82.6 Å². The van der Waals surface area contributed by atoms with Crippen LogP contribution in [-0.2, 0) is 14.3 Å². The fraction of sp³-hybridized carbons (Fsp3) is 0.778. The molecule has 1 aliphatic rings. The Bertz CT molecular complexity index is 229. The molecule has 5 nitrogen and oxygen atoms in total. The van der Waals surface area contributed by atoms with Crippen molar-refractivity contribution >= 4 is 11.9 Å². The summed E-state index contributed by atoms with van der Waals surface area (Å²) < 4.78 is 5.20. The van der Waals surface area contributed by atoms with Crippen LogP contribution in [0.4, 0.5) is 0 Å². The number of aliphatic carboxylic acids is 1. The molecule has 0 aromatic heterocycles. The molecule has 1 amide bonds. The maximum Gasteiger partial charge on any atom is 0.305 e. The lowest BCUT2D eigenvalue weighted by molar-refractivity contribution is -0.139. The first-order valence-corrected chi connectivity index (χ1v) is 4.70. The zero-order chi connectivity index (χ0) is 10.6. The Morgan fingerprint density at radius 2 is 2.43 bits per heavy atom. The first-order chi connectivity index (χ1) is 6.61. The summed E-state index contributed by atoms with van der Waals surface area (Å²) in [6.45, 7) is 3.07. The van der Waals surface area contributed by atoms with Crippen LogP contribution in [0.25, 0.3) is 0 Å². The second-order valence-corrected chi connectivity index (χ2v) is 3.40. The molecule has 0 saturated carbocycles. The Morgan fingerprint density at radius 1 is 1.71 bits per heavy atom. The molecule has 0 aromatic carbocycles. The van der Waals surface area contributed by atoms with Gasteiger partial charge < -0.3 is 14.7 Å². The average molecular weight is 201 g/mol. The Balaban J connectivity index is 2.51. The molecule has 80 valence electrons. The van der Waals surface area contributed by atoms with Crippen molar-refractivity contribution in [3.63, 3.8) is 0 Å². The highest BCUT2D eigenvalue weighted by Crippen LogP contribution is 2.08. The predicted octanol–water partition coefficient (Wildman–Crippen LogP) is 0.0985. The number of ether oxygens (including phenoxy) is 1. The van der Waals surface area contributed by atoms with Crippen molar-refractivity contribution in [2.45, 2.75) is 25.8 Å². The molecule has 0 spiro atoms. The molecule has 1 aliphatic heterocycles. The summed E-state index contributed by atoms with van der Waals surface area (Å²) in [4.78, 5) is 23.4. The standard InChI is InChI=1S/C9H15NO4/c1-7-6-14-5-3-8(11)10(7)4-2-9(12)13/h7H,2-6H2,1H3,(H,12,13). The molecule has 1 saturated heterocycles. The van der Waals surface area contributed by atoms with Gasteiger partial charge in [0.2, 0.25) is 5.91 Å². The highest BCUT2D eigenvalue weighted by molar-refractivity contribution is 5.77. The van der Waals surface area contributed by atoms with Crippen molar-refractivity contribution in [1.29, 1.82) is 0 Å². The maximum atomic E-state index is 11.5. The zero-order valence-corrected chi connectivity index (χ0v) is 8.23. The highest BCUT2D eigenvalue weighted by atomic mass is 16.5. The second-order valence-electron chi connectivity index (χ2n) is 3.40. The fourth-order valence-electron chi connectivity index (χ4n) is 1.45. The minimum atomic E-state index is -0.879. The van der Waals surface area contributed by atoms with E-state index in [0.29, 0.717) is 19.6 Å². The number of rotatable bonds is 3. The number of nitrogens with zero attached hydrogens (tertiary/aromatic N) is 1. The van der Waals surface area contributed by atoms with E-state index in [1.54, 1.807) is 4.90 Å². The number of hydrogen-bond donors (Lipinski definition) is 1. The van der Waals surface area contributed by atoms with Gasteiger partial charge in [-0.3, -0.25) is 9.59 Å². The number of hydrogen-bond acceptors (Lipinski definition) is 3. The number of carbonyl (C=O) groups excluding carboxylic acids is 1. The normalized spacial score (nSPS) is 23.4. The van der Waals surface area contributed by atoms with Gasteiger partial charge >= 0.3 is 5.97 Å². The summed E-state index contributed by atoms with van der Waals surface area (Å²) in [6, 6.07) is -0.0238. The van der Waals surface area contributed by atoms with Crippen LogP contribution >= 0.6 is 0 Å². The lowest BCUT2D eigenvalue weighted by atomic mass is 10.2. The van der Waals surface area contributed by atoms with E-state index in [4.69, 9.17) is 9.84 Å². The molecule has 0 bridgehead atoms. The quantitative estimate of drug-likeness (QED) is 0.703. The average Bonchev–Trinajstić information content (AvgIpc) is 2.25. The number of carbonyl (C=O) groups is 2. The third-order valence-corrected chi connectivity index (χ3v) is 2.24. The molecule has 14 heavy (non-hydrogen) atoms. The van der Waals surface area contributed by atoms with Gasteiger partial charge in [-0.05, 0) is 6.92 Å². The summed E-state index contributed by atoms with van der Waals surface area (Å²) in [6.07, 6.45) is 0.347. The van der Waals surface area contributed by atoms with E-state index in [0.717, 1.165) is 0 Å². The van der Waals surface area contributed by atoms with E-state index in [9.17, 15) is 9.59 Å². The second kappa shape index (κ2) is 4.95. The summed E-state index contributed by atoms with van der Waals surface area (Å²) in [7, 11) is 0. The molecule has 0 radical (unpaired) electrons. The van der Waals surface area contributed by atoms with Crippen LogP contribution in [0.15, 0.2) is 0 Å². The van der Waals surface area contributed by atoms with Crippen molar-refractivity contribution < 1.29 is 19.4 Å². The summed E-state index contributed by atoms with van der Waals surface area (Å²) in [5, 5.41) is 8.52. The number of carboxylic acid groups (broad SMARTS) is 1. The molecule has 1 atom stereocenters. The van der Waals surface area contributed by atoms with E-state index >= 15 is 0 Å². The van der Waals surface area contributed by atoms with Gasteiger partial charge in [-0.15, -0.1) is 0 Å². The molecule has 1 heterocycles. The number of carboxylic acids is 1. The molecule has 1 fully saturated rings. The largest absolute Gasteiger partial charge is 0.481 e. The van der Waals surface area contributed by atoms with E-state index < -0.39 is 5.97 Å². The predicted molar refractivity (Wildman–Crippen MR) is 48.9 cm³/mol. The van der Waals surface area contributed by atoms with Gasteiger partial charge in [0.05, 0.1) is 32.1 Å². The van der Waals surface area contributed by atoms with Crippen molar-refractivity contribution in [1.82, 2.24) is 4.90 Å². The Hall–Kier alpha value is -1.10. The third-order valence-electron chi connectivity index (χ3n) is 2.24. The SMILES string of the molecule is CC1COCCC(=O)N1CCC(=O)O. The van der Waals surface area contributed by atoms with Crippen LogP contribution < -0.4 is 0 Å². The Morgan fingerprint density at radius 3 is 3.07 bits per heavy atom. The lowest BCUT2D eigenvalue weighted by Crippen LogP contribution is -2.40. The summed E-state index contributed by atoms with van der Waals surface area (Å²) in [5.74, 6) is -0.897. The molecule has 0 aromatic rings. The van der Waals surface area contributed by atoms with Crippen molar-refractivity contribution in [2.75, 3.05) is 19.8 Å². The highest BCUT2D eigenvalue weighted by Gasteiger charge is 2.23. The molecular formula is C9H15NO4. The van der Waals surface area contributed by atoms with Crippen LogP contribution in [0.2, 0.25) is 0 Å². The lowest BCUT2D eigenvalue weighted by Gasteiger charge is -2.25. The first-order valence-electron chi connectivity index (χ1n) is 4.70. The minimum Gasteiger partial charge on any atom is -0.481 e. The maximum absolute atomic E-state index is 11.5. The van der Waals surface area contributed by atoms with Crippen molar-refractivity contribution in [2.24, 2.45) is 0 Å². The van der Waals surface area contributed by atoms with Crippen molar-refractivity contribution in [3.8, 4) is 0 Å². The molecule has 1 unspecified atom stereocenters. The fourth-order valence-corrected chi connectivity index (χ4v) is 1.45. The minimum absolute atomic E-state index is 0.00389. The monoisotopic (exact) mass is 201 g/mol. The van der Waals surface area contributed by atoms with Crippen molar-refractivity contribution in [3.05, 3.63) is 0 Å². The molecule has 0 aliphatic carbocycles. The van der Waals surface area contributed by atoms with E-state index in [1.807, 2.05) is 6.92 Å². The van der Waals surface area contributed by atoms with Crippen LogP contribution in [0.1, 0.15) is 19.8 Å². The van der Waals surface area contributed by atoms with Gasteiger partial charge in [0.15, 0.2) is 0 Å². The van der Waals surface area contributed by atoms with Crippen LogP contribution in [0, 0.1) is 0 Å². The molecule has 1 rings (SSSR count). The van der Waals surface area contributed by atoms with E-state index in [1.165, 1.54) is 0 Å². The number of amides is 1. The van der Waals surface area contributed by atoms with Gasteiger partial charge in [-0.1, -0.05) is 0 Å². The zero-order valence-electron chi connectivity index (χ0n) is 8.23. The van der Waals surface area contributed by atoms with Gasteiger partial charge in [-0.25, -0.2) is 0 Å². The summed E-state index contributed by atoms with van der Waals surface area (Å²) in [5.41, 5.74) is 0. The molecule has 5 heteroatoms. The topological polar surface area (TPSA) is 66.8 Å². The molecular weight excluding hydrogens is 186 g/mol. The van der Waals surface area contributed by atoms with Gasteiger partial charge in [0, 0.05) is 6.54 Å². The van der Waals surface area contributed by atoms with Gasteiger partial charge in [0.1, 0.15) is 0 Å². The smallest absolute Gasteiger partial charge is 0.305 e.